The first-order valence-corrected chi connectivity index (χ1v) is 14.3. The van der Waals surface area contributed by atoms with Gasteiger partial charge >= 0.3 is 12.4 Å². The lowest BCUT2D eigenvalue weighted by molar-refractivity contribution is -0.274. The van der Waals surface area contributed by atoms with E-state index in [-0.39, 0.29) is 5.75 Å². The summed E-state index contributed by atoms with van der Waals surface area (Å²) in [6, 6.07) is 16.3. The standard InChI is InChI=1S/C30H28F4N6O2S/c1-18-5-4-6-19(2)26(18)39-15-16-43-29(39)37-28(41)36-20(3)25(31)21-7-9-22(10-8-21)27-35-17-40(38-27)23-11-13-24(14-12-23)42-30(32,33)34/h4-14,17,20,25H,15-16H2,1-3H3,(H,36,41). The molecule has 1 saturated heterocycles. The van der Waals surface area contributed by atoms with E-state index in [1.165, 1.54) is 47.0 Å². The zero-order chi connectivity index (χ0) is 30.7. The second-order valence-electron chi connectivity index (χ2n) is 9.95. The minimum Gasteiger partial charge on any atom is -0.406 e. The maximum absolute atomic E-state index is 15.4. The molecule has 1 N–H and O–H groups in total. The van der Waals surface area contributed by atoms with Gasteiger partial charge in [0, 0.05) is 23.5 Å². The van der Waals surface area contributed by atoms with Crippen LogP contribution in [0.25, 0.3) is 17.1 Å². The van der Waals surface area contributed by atoms with E-state index in [9.17, 15) is 18.0 Å². The molecule has 43 heavy (non-hydrogen) atoms. The summed E-state index contributed by atoms with van der Waals surface area (Å²) in [6.07, 6.45) is -4.85. The summed E-state index contributed by atoms with van der Waals surface area (Å²) in [6.45, 7) is 6.34. The van der Waals surface area contributed by atoms with E-state index in [1.54, 1.807) is 31.2 Å². The number of anilines is 1. The molecule has 4 aromatic rings. The van der Waals surface area contributed by atoms with Crippen LogP contribution in [0.5, 0.6) is 5.75 Å². The fourth-order valence-electron chi connectivity index (χ4n) is 4.75. The molecule has 0 aliphatic carbocycles. The van der Waals surface area contributed by atoms with Crippen LogP contribution in [0.4, 0.5) is 28.0 Å². The summed E-state index contributed by atoms with van der Waals surface area (Å²) >= 11 is 1.49. The molecule has 2 unspecified atom stereocenters. The first-order valence-electron chi connectivity index (χ1n) is 13.4. The summed E-state index contributed by atoms with van der Waals surface area (Å²) < 4.78 is 57.8. The van der Waals surface area contributed by atoms with Crippen LogP contribution in [0.15, 0.2) is 78.0 Å². The number of para-hydroxylation sites is 1. The molecule has 2 amide bonds. The third kappa shape index (κ3) is 7.16. The number of ether oxygens (including phenoxy) is 1. The van der Waals surface area contributed by atoms with Gasteiger partial charge < -0.3 is 15.0 Å². The molecule has 1 fully saturated rings. The maximum atomic E-state index is 15.4. The minimum absolute atomic E-state index is 0.345. The van der Waals surface area contributed by atoms with Gasteiger partial charge in [-0.2, -0.15) is 4.99 Å². The Morgan fingerprint density at radius 1 is 1.05 bits per heavy atom. The fraction of sp³-hybridized carbons (Fsp3) is 0.267. The number of aliphatic imine (C=N–C) groups is 1. The molecule has 224 valence electrons. The summed E-state index contributed by atoms with van der Waals surface area (Å²) in [7, 11) is 0. The number of urea groups is 1. The number of alkyl halides is 4. The molecule has 0 saturated carbocycles. The van der Waals surface area contributed by atoms with E-state index in [2.05, 4.69) is 25.1 Å². The molecule has 1 aromatic heterocycles. The number of benzene rings is 3. The molecule has 0 bridgehead atoms. The topological polar surface area (TPSA) is 84.6 Å². The van der Waals surface area contributed by atoms with Gasteiger partial charge in [-0.15, -0.1) is 18.3 Å². The normalized spacial score (nSPS) is 15.9. The number of hydrogen-bond acceptors (Lipinski definition) is 5. The average molecular weight is 613 g/mol. The van der Waals surface area contributed by atoms with Crippen molar-refractivity contribution in [1.82, 2.24) is 20.1 Å². The van der Waals surface area contributed by atoms with Crippen molar-refractivity contribution in [3.63, 3.8) is 0 Å². The second-order valence-corrected chi connectivity index (χ2v) is 11.0. The van der Waals surface area contributed by atoms with Crippen LogP contribution in [0, 0.1) is 13.8 Å². The molecule has 0 spiro atoms. The lowest BCUT2D eigenvalue weighted by Crippen LogP contribution is -2.35. The fourth-order valence-corrected chi connectivity index (χ4v) is 5.69. The number of halogens is 4. The van der Waals surface area contributed by atoms with Crippen molar-refractivity contribution in [3.8, 4) is 22.8 Å². The number of aromatic nitrogens is 3. The molecular weight excluding hydrogens is 584 g/mol. The molecule has 1 aliphatic heterocycles. The number of amidine groups is 1. The Morgan fingerprint density at radius 2 is 1.72 bits per heavy atom. The van der Waals surface area contributed by atoms with E-state index in [4.69, 9.17) is 0 Å². The smallest absolute Gasteiger partial charge is 0.406 e. The van der Waals surface area contributed by atoms with Crippen molar-refractivity contribution in [1.29, 1.82) is 0 Å². The Bertz CT molecular complexity index is 1600. The highest BCUT2D eigenvalue weighted by Gasteiger charge is 2.31. The second kappa shape index (κ2) is 12.5. The molecule has 1 aliphatic rings. The first-order chi connectivity index (χ1) is 20.5. The molecule has 2 atom stereocenters. The highest BCUT2D eigenvalue weighted by molar-refractivity contribution is 8.14. The van der Waals surface area contributed by atoms with Crippen LogP contribution in [0.3, 0.4) is 0 Å². The lowest BCUT2D eigenvalue weighted by atomic mass is 10.0. The number of amides is 2. The van der Waals surface area contributed by atoms with Gasteiger partial charge in [0.05, 0.1) is 11.7 Å². The molecule has 3 aromatic carbocycles. The maximum Gasteiger partial charge on any atom is 0.573 e. The van der Waals surface area contributed by atoms with Gasteiger partial charge in [-0.25, -0.2) is 18.9 Å². The summed E-state index contributed by atoms with van der Waals surface area (Å²) in [5.41, 5.74) is 4.66. The SMILES string of the molecule is Cc1cccc(C)c1N1CCSC1=NC(=O)NC(C)C(F)c1ccc(-c2ncn(-c3ccc(OC(F)(F)F)cc3)n2)cc1. The molecular formula is C30H28F4N6O2S. The first kappa shape index (κ1) is 30.1. The van der Waals surface area contributed by atoms with Crippen molar-refractivity contribution < 1.29 is 27.1 Å². The number of aryl methyl sites for hydroxylation is 2. The van der Waals surface area contributed by atoms with Crippen molar-refractivity contribution in [2.24, 2.45) is 4.99 Å². The zero-order valence-corrected chi connectivity index (χ0v) is 24.3. The highest BCUT2D eigenvalue weighted by atomic mass is 32.2. The van der Waals surface area contributed by atoms with E-state index >= 15 is 4.39 Å². The van der Waals surface area contributed by atoms with Crippen molar-refractivity contribution >= 4 is 28.6 Å². The van der Waals surface area contributed by atoms with Crippen molar-refractivity contribution in [2.75, 3.05) is 17.2 Å². The molecule has 0 radical (unpaired) electrons. The highest BCUT2D eigenvalue weighted by Crippen LogP contribution is 2.32. The Balaban J connectivity index is 1.21. The predicted octanol–water partition coefficient (Wildman–Crippen LogP) is 7.17. The van der Waals surface area contributed by atoms with Crippen LogP contribution < -0.4 is 15.0 Å². The van der Waals surface area contributed by atoms with E-state index in [1.807, 2.05) is 36.9 Å². The summed E-state index contributed by atoms with van der Waals surface area (Å²) in [5.74, 6) is 0.795. The van der Waals surface area contributed by atoms with Gasteiger partial charge in [-0.3, -0.25) is 0 Å². The summed E-state index contributed by atoms with van der Waals surface area (Å²) in [4.78, 5) is 23.3. The van der Waals surface area contributed by atoms with Crippen LogP contribution >= 0.6 is 11.8 Å². The van der Waals surface area contributed by atoms with E-state index in [0.717, 1.165) is 29.1 Å². The number of nitrogens with one attached hydrogen (secondary N) is 1. The number of carbonyl (C=O) groups excluding carboxylic acids is 1. The predicted molar refractivity (Wildman–Crippen MR) is 158 cm³/mol. The van der Waals surface area contributed by atoms with Gasteiger partial charge in [0.15, 0.2) is 11.0 Å². The molecule has 5 rings (SSSR count). The summed E-state index contributed by atoms with van der Waals surface area (Å²) in [5, 5.41) is 7.60. The molecule has 8 nitrogen and oxygen atoms in total. The Morgan fingerprint density at radius 3 is 2.37 bits per heavy atom. The third-order valence-corrected chi connectivity index (χ3v) is 7.74. The van der Waals surface area contributed by atoms with Crippen LogP contribution in [0.2, 0.25) is 0 Å². The van der Waals surface area contributed by atoms with Crippen molar-refractivity contribution in [2.45, 2.75) is 39.3 Å². The van der Waals surface area contributed by atoms with Crippen LogP contribution in [-0.2, 0) is 0 Å². The lowest BCUT2D eigenvalue weighted by Gasteiger charge is -2.23. The van der Waals surface area contributed by atoms with Gasteiger partial charge in [-0.1, -0.05) is 54.2 Å². The zero-order valence-electron chi connectivity index (χ0n) is 23.5. The Labute approximate surface area is 249 Å². The minimum atomic E-state index is -4.78. The van der Waals surface area contributed by atoms with E-state index in [0.29, 0.717) is 27.8 Å². The number of nitrogens with zero attached hydrogens (tertiary/aromatic N) is 5. The Kier molecular flexibility index (Phi) is 8.71. The number of hydrogen-bond donors (Lipinski definition) is 1. The van der Waals surface area contributed by atoms with Gasteiger partial charge in [-0.05, 0) is 61.7 Å². The number of carbonyl (C=O) groups is 1. The van der Waals surface area contributed by atoms with Crippen LogP contribution in [0.1, 0.15) is 29.8 Å². The third-order valence-electron chi connectivity index (χ3n) is 6.79. The van der Waals surface area contributed by atoms with Crippen molar-refractivity contribution in [3.05, 3.63) is 89.7 Å². The van der Waals surface area contributed by atoms with Gasteiger partial charge in [0.25, 0.3) is 0 Å². The quantitative estimate of drug-likeness (QED) is 0.223. The molecule has 2 heterocycles. The monoisotopic (exact) mass is 612 g/mol. The van der Waals surface area contributed by atoms with Gasteiger partial charge in [0.1, 0.15) is 18.2 Å². The number of rotatable bonds is 7. The Hall–Kier alpha value is -4.39. The van der Waals surface area contributed by atoms with Gasteiger partial charge in [0.2, 0.25) is 0 Å². The average Bonchev–Trinajstić information content (AvgIpc) is 3.63. The van der Waals surface area contributed by atoms with Crippen LogP contribution in [-0.4, -0.2) is 50.7 Å². The number of thioether (sulfide) groups is 1. The largest absolute Gasteiger partial charge is 0.573 e. The van der Waals surface area contributed by atoms with E-state index < -0.39 is 24.6 Å². The molecule has 13 heteroatoms.